The summed E-state index contributed by atoms with van der Waals surface area (Å²) in [7, 11) is 3.18. The summed E-state index contributed by atoms with van der Waals surface area (Å²) < 4.78 is 16.0. The number of ether oxygens (including phenoxy) is 2. The number of esters is 1. The maximum atomic E-state index is 13.9. The SMILES string of the molecule is CCOC(=O)CCc1nccc(Nc2nc3c(c(=O)n(Cc4cc5c(C)cccc5n4C(=O)OC(C)(C)C)c(=O)n3C)n2C)n1. The standard InChI is InChI=1S/C31H36N8O6/c1-8-44-24(40)13-12-22-32-15-14-23(33-22)34-28-35-26-25(36(28)6)27(41)38(29(42)37(26)7)17-19-16-20-18(2)10-9-11-21(20)39(19)30(43)45-31(3,4)5/h9-11,14-16H,8,12-13,17H2,1-7H3,(H,32,33,34,35). The van der Waals surface area contributed by atoms with Gasteiger partial charge in [0.25, 0.3) is 5.56 Å². The van der Waals surface area contributed by atoms with Gasteiger partial charge in [-0.15, -0.1) is 0 Å². The summed E-state index contributed by atoms with van der Waals surface area (Å²) >= 11 is 0. The topological polar surface area (TPSA) is 157 Å². The number of benzene rings is 1. The molecule has 0 spiro atoms. The Balaban J connectivity index is 1.54. The monoisotopic (exact) mass is 616 g/mol. The quantitative estimate of drug-likeness (QED) is 0.256. The van der Waals surface area contributed by atoms with Crippen molar-refractivity contribution in [3.8, 4) is 0 Å². The van der Waals surface area contributed by atoms with E-state index in [9.17, 15) is 19.2 Å². The molecule has 0 atom stereocenters. The highest BCUT2D eigenvalue weighted by Crippen LogP contribution is 2.25. The molecule has 45 heavy (non-hydrogen) atoms. The van der Waals surface area contributed by atoms with E-state index in [4.69, 9.17) is 9.47 Å². The van der Waals surface area contributed by atoms with Gasteiger partial charge in [0, 0.05) is 32.1 Å². The molecule has 236 valence electrons. The van der Waals surface area contributed by atoms with Crippen molar-refractivity contribution in [2.75, 3.05) is 11.9 Å². The molecule has 0 saturated heterocycles. The zero-order chi connectivity index (χ0) is 32.6. The van der Waals surface area contributed by atoms with Crippen LogP contribution in [-0.2, 0) is 41.3 Å². The van der Waals surface area contributed by atoms with Gasteiger partial charge in [-0.1, -0.05) is 12.1 Å². The molecule has 1 aromatic carbocycles. The molecule has 0 amide bonds. The summed E-state index contributed by atoms with van der Waals surface area (Å²) in [6.45, 7) is 9.10. The first kappa shape index (κ1) is 31.2. The zero-order valence-corrected chi connectivity index (χ0v) is 26.4. The van der Waals surface area contributed by atoms with E-state index >= 15 is 0 Å². The number of nitrogens with one attached hydrogen (secondary N) is 1. The largest absolute Gasteiger partial charge is 0.466 e. The molecular formula is C31H36N8O6. The van der Waals surface area contributed by atoms with Crippen molar-refractivity contribution < 1.29 is 19.1 Å². The number of carbonyl (C=O) groups excluding carboxylic acids is 2. The Morgan fingerprint density at radius 1 is 1.04 bits per heavy atom. The highest BCUT2D eigenvalue weighted by Gasteiger charge is 2.25. The van der Waals surface area contributed by atoms with E-state index in [1.165, 1.54) is 16.2 Å². The van der Waals surface area contributed by atoms with Crippen LogP contribution in [0.15, 0.2) is 46.1 Å². The molecule has 4 aromatic heterocycles. The van der Waals surface area contributed by atoms with Crippen LogP contribution in [0.1, 0.15) is 51.2 Å². The molecule has 0 saturated carbocycles. The van der Waals surface area contributed by atoms with Crippen LogP contribution in [0.3, 0.4) is 0 Å². The van der Waals surface area contributed by atoms with Crippen LogP contribution in [0.5, 0.6) is 0 Å². The lowest BCUT2D eigenvalue weighted by Gasteiger charge is -2.21. The molecule has 0 radical (unpaired) electrons. The minimum absolute atomic E-state index is 0.137. The van der Waals surface area contributed by atoms with Gasteiger partial charge >= 0.3 is 17.8 Å². The molecule has 14 nitrogen and oxygen atoms in total. The summed E-state index contributed by atoms with van der Waals surface area (Å²) in [5.74, 6) is 0.749. The van der Waals surface area contributed by atoms with Crippen LogP contribution in [0.2, 0.25) is 0 Å². The number of fused-ring (bicyclic) bond motifs is 2. The average Bonchev–Trinajstić information content (AvgIpc) is 3.51. The van der Waals surface area contributed by atoms with Crippen molar-refractivity contribution >= 4 is 45.9 Å². The van der Waals surface area contributed by atoms with E-state index in [0.29, 0.717) is 29.5 Å². The summed E-state index contributed by atoms with van der Waals surface area (Å²) in [4.78, 5) is 65.8. The minimum atomic E-state index is -0.760. The number of imidazole rings is 1. The number of rotatable bonds is 8. The Labute approximate surface area is 258 Å². The highest BCUT2D eigenvalue weighted by atomic mass is 16.6. The van der Waals surface area contributed by atoms with E-state index in [1.54, 1.807) is 63.7 Å². The van der Waals surface area contributed by atoms with Crippen molar-refractivity contribution in [2.24, 2.45) is 14.1 Å². The third-order valence-corrected chi connectivity index (χ3v) is 7.20. The fourth-order valence-electron chi connectivity index (χ4n) is 5.08. The van der Waals surface area contributed by atoms with Crippen LogP contribution < -0.4 is 16.6 Å². The van der Waals surface area contributed by atoms with Crippen molar-refractivity contribution in [1.82, 2.24) is 33.2 Å². The first-order chi connectivity index (χ1) is 21.3. The molecule has 0 aliphatic heterocycles. The predicted octanol–water partition coefficient (Wildman–Crippen LogP) is 3.56. The molecule has 5 aromatic rings. The van der Waals surface area contributed by atoms with E-state index in [2.05, 4.69) is 20.3 Å². The van der Waals surface area contributed by atoms with Crippen LogP contribution in [0, 0.1) is 6.92 Å². The van der Waals surface area contributed by atoms with Gasteiger partial charge in [-0.3, -0.25) is 18.7 Å². The van der Waals surface area contributed by atoms with Gasteiger partial charge in [-0.05, 0) is 58.4 Å². The van der Waals surface area contributed by atoms with Crippen molar-refractivity contribution in [2.45, 2.75) is 59.6 Å². The highest BCUT2D eigenvalue weighted by molar-refractivity contribution is 5.93. The first-order valence-corrected chi connectivity index (χ1v) is 14.5. The average molecular weight is 617 g/mol. The van der Waals surface area contributed by atoms with E-state index in [-0.39, 0.29) is 42.5 Å². The Hall–Kier alpha value is -5.27. The Kier molecular flexibility index (Phi) is 8.32. The summed E-state index contributed by atoms with van der Waals surface area (Å²) in [5.41, 5.74) is 0.378. The van der Waals surface area contributed by atoms with Crippen molar-refractivity contribution in [3.63, 3.8) is 0 Å². The van der Waals surface area contributed by atoms with Gasteiger partial charge in [0.05, 0.1) is 30.8 Å². The van der Waals surface area contributed by atoms with Gasteiger partial charge in [0.2, 0.25) is 5.95 Å². The molecule has 1 N–H and O–H groups in total. The fraction of sp³-hybridized carbons (Fsp3) is 0.387. The molecule has 0 bridgehead atoms. The maximum Gasteiger partial charge on any atom is 0.419 e. The van der Waals surface area contributed by atoms with Gasteiger partial charge in [0.15, 0.2) is 11.2 Å². The van der Waals surface area contributed by atoms with Crippen molar-refractivity contribution in [1.29, 1.82) is 0 Å². The third-order valence-electron chi connectivity index (χ3n) is 7.20. The smallest absolute Gasteiger partial charge is 0.419 e. The molecule has 0 aliphatic rings. The molecule has 14 heteroatoms. The Morgan fingerprint density at radius 2 is 1.80 bits per heavy atom. The van der Waals surface area contributed by atoms with Crippen LogP contribution in [-0.4, -0.2) is 57.5 Å². The van der Waals surface area contributed by atoms with E-state index < -0.39 is 22.9 Å². The fourth-order valence-corrected chi connectivity index (χ4v) is 5.08. The number of hydrogen-bond acceptors (Lipinski definition) is 10. The molecule has 0 fully saturated rings. The maximum absolute atomic E-state index is 13.9. The number of carbonyl (C=O) groups is 2. The molecule has 0 aliphatic carbocycles. The number of nitrogens with zero attached hydrogens (tertiary/aromatic N) is 7. The second kappa shape index (κ2) is 12.0. The Morgan fingerprint density at radius 3 is 2.51 bits per heavy atom. The van der Waals surface area contributed by atoms with Gasteiger partial charge < -0.3 is 19.4 Å². The third kappa shape index (κ3) is 6.21. The van der Waals surface area contributed by atoms with Crippen LogP contribution in [0.25, 0.3) is 22.1 Å². The normalized spacial score (nSPS) is 11.7. The Bertz CT molecular complexity index is 2060. The summed E-state index contributed by atoms with van der Waals surface area (Å²) in [6, 6.07) is 8.99. The van der Waals surface area contributed by atoms with Crippen LogP contribution >= 0.6 is 0 Å². The number of hydrogen-bond donors (Lipinski definition) is 1. The lowest BCUT2D eigenvalue weighted by atomic mass is 10.1. The van der Waals surface area contributed by atoms with Crippen molar-refractivity contribution in [3.05, 3.63) is 74.4 Å². The zero-order valence-electron chi connectivity index (χ0n) is 26.4. The molecule has 0 unspecified atom stereocenters. The van der Waals surface area contributed by atoms with Gasteiger partial charge in [-0.2, -0.15) is 4.98 Å². The molecule has 4 heterocycles. The second-order valence-corrected chi connectivity index (χ2v) is 11.6. The summed E-state index contributed by atoms with van der Waals surface area (Å²) in [5, 5.41) is 3.89. The van der Waals surface area contributed by atoms with E-state index in [0.717, 1.165) is 15.5 Å². The molecule has 5 rings (SSSR count). The van der Waals surface area contributed by atoms with Gasteiger partial charge in [0.1, 0.15) is 17.2 Å². The van der Waals surface area contributed by atoms with E-state index in [1.807, 2.05) is 19.1 Å². The summed E-state index contributed by atoms with van der Waals surface area (Å²) in [6.07, 6.45) is 1.36. The predicted molar refractivity (Wildman–Crippen MR) is 168 cm³/mol. The van der Waals surface area contributed by atoms with Crippen LogP contribution in [0.4, 0.5) is 16.6 Å². The number of aromatic nitrogens is 7. The first-order valence-electron chi connectivity index (χ1n) is 14.5. The molecular weight excluding hydrogens is 580 g/mol. The van der Waals surface area contributed by atoms with Gasteiger partial charge in [-0.25, -0.2) is 24.1 Å². The minimum Gasteiger partial charge on any atom is -0.466 e. The lowest BCUT2D eigenvalue weighted by molar-refractivity contribution is -0.143. The number of anilines is 2. The lowest BCUT2D eigenvalue weighted by Crippen LogP contribution is -2.40. The number of aryl methyl sites for hydroxylation is 4. The second-order valence-electron chi connectivity index (χ2n) is 11.6.